The van der Waals surface area contributed by atoms with Crippen molar-refractivity contribution in [3.63, 3.8) is 0 Å². The fourth-order valence-corrected chi connectivity index (χ4v) is 2.55. The Morgan fingerprint density at radius 1 is 1.00 bits per heavy atom. The summed E-state index contributed by atoms with van der Waals surface area (Å²) in [4.78, 5) is 46.6. The number of carbonyl (C=O) groups excluding carboxylic acids is 4. The quantitative estimate of drug-likeness (QED) is 0.540. The number of Topliss-reactive ketones (excluding diaryl/α,β-unsaturated/α-hetero) is 2. The Morgan fingerprint density at radius 3 is 1.83 bits per heavy atom. The van der Waals surface area contributed by atoms with E-state index in [9.17, 15) is 19.2 Å². The van der Waals surface area contributed by atoms with E-state index in [4.69, 9.17) is 0 Å². The van der Waals surface area contributed by atoms with Crippen molar-refractivity contribution in [2.75, 3.05) is 33.9 Å². The Labute approximate surface area is 184 Å². The van der Waals surface area contributed by atoms with Gasteiger partial charge in [-0.2, -0.15) is 0 Å². The zero-order chi connectivity index (χ0) is 23.7. The van der Waals surface area contributed by atoms with E-state index in [-0.39, 0.29) is 14.4 Å². The van der Waals surface area contributed by atoms with E-state index in [0.717, 1.165) is 32.5 Å². The Hall–Kier alpha value is -2.16. The second kappa shape index (κ2) is 16.6. The van der Waals surface area contributed by atoms with Gasteiger partial charge in [-0.1, -0.05) is 34.6 Å². The largest absolute Gasteiger partial charge is 0.453 e. The molecular weight excluding hydrogens is 390 g/mol. The number of hydrogen-bond acceptors (Lipinski definition) is 7. The molecule has 30 heavy (non-hydrogen) atoms. The van der Waals surface area contributed by atoms with Gasteiger partial charge >= 0.3 is 12.2 Å². The summed E-state index contributed by atoms with van der Waals surface area (Å²) in [7, 11) is 2.58. The van der Waals surface area contributed by atoms with Crippen molar-refractivity contribution in [2.24, 2.45) is 0 Å². The molecule has 0 spiro atoms. The molecular formula is C21H45N3O6. The average Bonchev–Trinajstić information content (AvgIpc) is 3.55. The number of ketones is 2. The van der Waals surface area contributed by atoms with Crippen LogP contribution in [0, 0.1) is 0 Å². The summed E-state index contributed by atoms with van der Waals surface area (Å²) in [6, 6.07) is -0.437. The number of rotatable bonds is 10. The summed E-state index contributed by atoms with van der Waals surface area (Å²) in [6.45, 7) is 14.1. The minimum absolute atomic E-state index is 0. The number of ether oxygens (including phenoxy) is 2. The summed E-state index contributed by atoms with van der Waals surface area (Å²) in [5, 5.41) is 5.09. The number of amides is 2. The zero-order valence-electron chi connectivity index (χ0n) is 19.9. The molecule has 0 aromatic heterocycles. The van der Waals surface area contributed by atoms with Crippen molar-refractivity contribution in [1.29, 1.82) is 0 Å². The SMILES string of the molecule is CC.CCC(=O)[C@@H](CCN(CC)CC)NC(=O)OC.COC(=O)NC1(C(C)=O)CC1.[HH].[HH]. The molecule has 1 fully saturated rings. The minimum atomic E-state index is -0.590. The van der Waals surface area contributed by atoms with Crippen LogP contribution in [0.15, 0.2) is 0 Å². The van der Waals surface area contributed by atoms with E-state index in [0.29, 0.717) is 12.8 Å². The van der Waals surface area contributed by atoms with Crippen LogP contribution >= 0.6 is 0 Å². The van der Waals surface area contributed by atoms with Gasteiger partial charge in [0.25, 0.3) is 0 Å². The highest BCUT2D eigenvalue weighted by atomic mass is 16.5. The highest BCUT2D eigenvalue weighted by Gasteiger charge is 2.48. The van der Waals surface area contributed by atoms with Gasteiger partial charge in [-0.05, 0) is 39.3 Å². The number of nitrogens with one attached hydrogen (secondary N) is 2. The molecule has 1 aliphatic rings. The van der Waals surface area contributed by atoms with Gasteiger partial charge in [0, 0.05) is 15.8 Å². The molecule has 9 nitrogen and oxygen atoms in total. The van der Waals surface area contributed by atoms with E-state index < -0.39 is 23.8 Å². The van der Waals surface area contributed by atoms with Crippen LogP contribution in [0.2, 0.25) is 0 Å². The Bertz CT molecular complexity index is 542. The molecule has 0 aromatic rings. The van der Waals surface area contributed by atoms with Crippen molar-refractivity contribution in [2.45, 2.75) is 78.8 Å². The van der Waals surface area contributed by atoms with Crippen LogP contribution in [-0.2, 0) is 19.1 Å². The van der Waals surface area contributed by atoms with Crippen molar-refractivity contribution in [3.05, 3.63) is 0 Å². The third-order valence-corrected chi connectivity index (χ3v) is 4.79. The molecule has 0 bridgehead atoms. The fraction of sp³-hybridized carbons (Fsp3) is 0.810. The van der Waals surface area contributed by atoms with Crippen LogP contribution in [0.1, 0.15) is 70.1 Å². The van der Waals surface area contributed by atoms with Crippen LogP contribution in [0.5, 0.6) is 0 Å². The summed E-state index contributed by atoms with van der Waals surface area (Å²) in [5.41, 5.74) is -0.590. The summed E-state index contributed by atoms with van der Waals surface area (Å²) < 4.78 is 8.89. The third-order valence-electron chi connectivity index (χ3n) is 4.79. The van der Waals surface area contributed by atoms with Gasteiger partial charge < -0.3 is 25.0 Å². The van der Waals surface area contributed by atoms with Crippen LogP contribution < -0.4 is 10.6 Å². The van der Waals surface area contributed by atoms with E-state index in [2.05, 4.69) is 38.9 Å². The predicted molar refractivity (Wildman–Crippen MR) is 121 cm³/mol. The second-order valence-electron chi connectivity index (χ2n) is 6.58. The van der Waals surface area contributed by atoms with Gasteiger partial charge in [-0.25, -0.2) is 9.59 Å². The monoisotopic (exact) mass is 435 g/mol. The predicted octanol–water partition coefficient (Wildman–Crippen LogP) is 3.40. The highest BCUT2D eigenvalue weighted by Crippen LogP contribution is 2.36. The molecule has 0 radical (unpaired) electrons. The highest BCUT2D eigenvalue weighted by molar-refractivity contribution is 5.92. The van der Waals surface area contributed by atoms with Crippen LogP contribution in [0.25, 0.3) is 0 Å². The molecule has 1 saturated carbocycles. The maximum Gasteiger partial charge on any atom is 0.407 e. The number of alkyl carbamates (subject to hydrolysis) is 2. The number of hydrogen-bond donors (Lipinski definition) is 2. The lowest BCUT2D eigenvalue weighted by Crippen LogP contribution is -2.42. The van der Waals surface area contributed by atoms with Crippen molar-refractivity contribution < 1.29 is 31.5 Å². The van der Waals surface area contributed by atoms with Gasteiger partial charge in [-0.15, -0.1) is 0 Å². The Morgan fingerprint density at radius 2 is 1.50 bits per heavy atom. The molecule has 1 rings (SSSR count). The lowest BCUT2D eigenvalue weighted by molar-refractivity contribution is -0.121. The molecule has 2 amide bonds. The molecule has 180 valence electrons. The first-order valence-electron chi connectivity index (χ1n) is 10.7. The number of carbonyl (C=O) groups is 4. The molecule has 0 saturated heterocycles. The van der Waals surface area contributed by atoms with Gasteiger partial charge in [0.15, 0.2) is 11.6 Å². The smallest absolute Gasteiger partial charge is 0.407 e. The first-order chi connectivity index (χ1) is 14.2. The molecule has 0 aromatic carbocycles. The first-order valence-corrected chi connectivity index (χ1v) is 10.7. The maximum atomic E-state index is 11.7. The molecule has 0 aliphatic heterocycles. The number of methoxy groups -OCH3 is 2. The Kier molecular flexibility index (Phi) is 16.6. The molecule has 0 unspecified atom stereocenters. The standard InChI is InChI=1S/C12H24N2O3.C7H11NO3.C2H6.2H2/c1-5-11(15)10(13-12(16)17-4)8-9-14(6-2)7-3;1-5(9)7(3-4-7)8-6(10)11-2;1-2;;/h10H,5-9H2,1-4H3,(H,13,16);3-4H2,1-2H3,(H,8,10);1-2H3;2*1H/t10-;;;;/m1..../s1. The lowest BCUT2D eigenvalue weighted by atomic mass is 10.1. The van der Waals surface area contributed by atoms with Gasteiger partial charge in [0.2, 0.25) is 0 Å². The maximum absolute atomic E-state index is 11.7. The van der Waals surface area contributed by atoms with Crippen LogP contribution in [-0.4, -0.2) is 74.1 Å². The summed E-state index contributed by atoms with van der Waals surface area (Å²) >= 11 is 0. The van der Waals surface area contributed by atoms with Crippen molar-refractivity contribution >= 4 is 23.8 Å². The van der Waals surface area contributed by atoms with E-state index in [1.165, 1.54) is 21.1 Å². The van der Waals surface area contributed by atoms with Crippen molar-refractivity contribution in [3.8, 4) is 0 Å². The van der Waals surface area contributed by atoms with Gasteiger partial charge in [0.1, 0.15) is 5.54 Å². The molecule has 1 aliphatic carbocycles. The lowest BCUT2D eigenvalue weighted by Gasteiger charge is -2.22. The normalized spacial score (nSPS) is 14.0. The van der Waals surface area contributed by atoms with Crippen LogP contribution in [0.4, 0.5) is 9.59 Å². The summed E-state index contributed by atoms with van der Waals surface area (Å²) in [6.07, 6.45) is 1.44. The van der Waals surface area contributed by atoms with E-state index in [1.54, 1.807) is 6.92 Å². The van der Waals surface area contributed by atoms with E-state index in [1.807, 2.05) is 13.8 Å². The number of nitrogens with zero attached hydrogens (tertiary/aromatic N) is 1. The second-order valence-corrected chi connectivity index (χ2v) is 6.58. The third kappa shape index (κ3) is 11.7. The zero-order valence-corrected chi connectivity index (χ0v) is 19.9. The first kappa shape index (κ1) is 30.0. The molecule has 9 heteroatoms. The molecule has 0 heterocycles. The van der Waals surface area contributed by atoms with Crippen LogP contribution in [0.3, 0.4) is 0 Å². The Balaban J connectivity index is -0.000000227. The van der Waals surface area contributed by atoms with Gasteiger partial charge in [-0.3, -0.25) is 9.59 Å². The summed E-state index contributed by atoms with van der Waals surface area (Å²) in [5.74, 6) is 0.0467. The molecule has 2 N–H and O–H groups in total. The fourth-order valence-electron chi connectivity index (χ4n) is 2.55. The van der Waals surface area contributed by atoms with Crippen molar-refractivity contribution in [1.82, 2.24) is 15.5 Å². The molecule has 1 atom stereocenters. The van der Waals surface area contributed by atoms with E-state index >= 15 is 0 Å². The minimum Gasteiger partial charge on any atom is -0.453 e. The average molecular weight is 436 g/mol. The topological polar surface area (TPSA) is 114 Å². The van der Waals surface area contributed by atoms with Gasteiger partial charge in [0.05, 0.1) is 20.3 Å².